The van der Waals surface area contributed by atoms with E-state index in [0.717, 1.165) is 11.1 Å². The zero-order valence-corrected chi connectivity index (χ0v) is 13.1. The molecule has 2 rings (SSSR count). The van der Waals surface area contributed by atoms with Crippen molar-refractivity contribution in [3.63, 3.8) is 0 Å². The lowest BCUT2D eigenvalue weighted by atomic mass is 10.0. The van der Waals surface area contributed by atoms with Crippen molar-refractivity contribution in [2.24, 2.45) is 0 Å². The van der Waals surface area contributed by atoms with E-state index < -0.39 is 10.0 Å². The molecule has 0 bridgehead atoms. The molecule has 0 aliphatic carbocycles. The summed E-state index contributed by atoms with van der Waals surface area (Å²) in [5.74, 6) is 0.389. The van der Waals surface area contributed by atoms with Crippen LogP contribution < -0.4 is 4.72 Å². The smallest absolute Gasteiger partial charge is 0.240 e. The maximum Gasteiger partial charge on any atom is 0.240 e. The first-order valence-electron chi connectivity index (χ1n) is 6.97. The fourth-order valence-electron chi connectivity index (χ4n) is 1.99. The molecule has 1 aromatic heterocycles. The third kappa shape index (κ3) is 4.37. The largest absolute Gasteiger partial charge is 0.264 e. The van der Waals surface area contributed by atoms with Crippen LogP contribution in [0.2, 0.25) is 0 Å². The Kier molecular flexibility index (Phi) is 5.09. The number of aromatic nitrogens is 1. The van der Waals surface area contributed by atoms with Crippen molar-refractivity contribution >= 4 is 10.0 Å². The molecule has 1 aromatic carbocycles. The summed E-state index contributed by atoms with van der Waals surface area (Å²) in [6.45, 7) is 4.52. The highest BCUT2D eigenvalue weighted by atomic mass is 32.2. The maximum absolute atomic E-state index is 12.2. The maximum atomic E-state index is 12.2. The van der Waals surface area contributed by atoms with Crippen LogP contribution in [0.25, 0.3) is 0 Å². The molecule has 0 unspecified atom stereocenters. The Hall–Kier alpha value is -1.72. The van der Waals surface area contributed by atoms with Crippen molar-refractivity contribution < 1.29 is 8.42 Å². The van der Waals surface area contributed by atoms with Gasteiger partial charge in [0.1, 0.15) is 0 Å². The molecule has 0 saturated heterocycles. The molecule has 1 N–H and O–H groups in total. The highest BCUT2D eigenvalue weighted by molar-refractivity contribution is 7.89. The summed E-state index contributed by atoms with van der Waals surface area (Å²) in [4.78, 5) is 4.31. The Morgan fingerprint density at radius 3 is 2.43 bits per heavy atom. The van der Waals surface area contributed by atoms with Gasteiger partial charge >= 0.3 is 0 Å². The molecule has 0 saturated carbocycles. The minimum atomic E-state index is -3.44. The molecular formula is C16H20N2O2S. The summed E-state index contributed by atoms with van der Waals surface area (Å²) < 4.78 is 27.0. The van der Waals surface area contributed by atoms with E-state index in [1.807, 2.05) is 24.3 Å². The molecule has 0 spiro atoms. The number of pyridine rings is 1. The second-order valence-electron chi connectivity index (χ2n) is 5.23. The predicted octanol–water partition coefficient (Wildman–Crippen LogP) is 2.73. The van der Waals surface area contributed by atoms with E-state index in [-0.39, 0.29) is 0 Å². The average Bonchev–Trinajstić information content (AvgIpc) is 2.48. The van der Waals surface area contributed by atoms with Gasteiger partial charge in [-0.1, -0.05) is 32.0 Å². The molecule has 0 aliphatic heterocycles. The van der Waals surface area contributed by atoms with Crippen LogP contribution in [-0.2, 0) is 16.4 Å². The Balaban J connectivity index is 1.98. The molecule has 0 atom stereocenters. The van der Waals surface area contributed by atoms with Gasteiger partial charge < -0.3 is 0 Å². The third-order valence-corrected chi connectivity index (χ3v) is 4.76. The molecule has 4 nitrogen and oxygen atoms in total. The first-order valence-corrected chi connectivity index (χ1v) is 8.46. The van der Waals surface area contributed by atoms with Crippen LogP contribution in [0.5, 0.6) is 0 Å². The normalized spacial score (nSPS) is 11.8. The molecular weight excluding hydrogens is 284 g/mol. The fourth-order valence-corrected chi connectivity index (χ4v) is 3.02. The van der Waals surface area contributed by atoms with E-state index in [4.69, 9.17) is 0 Å². The van der Waals surface area contributed by atoms with Gasteiger partial charge in [-0.15, -0.1) is 0 Å². The number of hydrogen-bond donors (Lipinski definition) is 1. The van der Waals surface area contributed by atoms with Crippen molar-refractivity contribution in [3.05, 3.63) is 59.9 Å². The lowest BCUT2D eigenvalue weighted by Gasteiger charge is -2.09. The van der Waals surface area contributed by atoms with Crippen molar-refractivity contribution in [1.29, 1.82) is 0 Å². The lowest BCUT2D eigenvalue weighted by Crippen LogP contribution is -2.26. The van der Waals surface area contributed by atoms with E-state index in [2.05, 4.69) is 23.6 Å². The van der Waals surface area contributed by atoms with Gasteiger partial charge in [0.15, 0.2) is 0 Å². The summed E-state index contributed by atoms with van der Waals surface area (Å²) in [5.41, 5.74) is 2.14. The number of sulfonamides is 1. The quantitative estimate of drug-likeness (QED) is 0.892. The SMILES string of the molecule is CC(C)c1ccc(S(=O)(=O)NCCc2cccnc2)cc1. The first kappa shape index (κ1) is 15.7. The standard InChI is InChI=1S/C16H20N2O2S/c1-13(2)15-5-7-16(8-6-15)21(19,20)18-11-9-14-4-3-10-17-12-14/h3-8,10,12-13,18H,9,11H2,1-2H3. The van der Waals surface area contributed by atoms with Gasteiger partial charge in [0, 0.05) is 18.9 Å². The molecule has 0 fully saturated rings. The van der Waals surface area contributed by atoms with E-state index in [1.165, 1.54) is 0 Å². The monoisotopic (exact) mass is 304 g/mol. The summed E-state index contributed by atoms with van der Waals surface area (Å²) in [7, 11) is -3.44. The van der Waals surface area contributed by atoms with E-state index in [9.17, 15) is 8.42 Å². The van der Waals surface area contributed by atoms with Crippen LogP contribution in [-0.4, -0.2) is 19.9 Å². The fraction of sp³-hybridized carbons (Fsp3) is 0.312. The van der Waals surface area contributed by atoms with Crippen molar-refractivity contribution in [2.75, 3.05) is 6.54 Å². The average molecular weight is 304 g/mol. The van der Waals surface area contributed by atoms with Crippen molar-refractivity contribution in [3.8, 4) is 0 Å². The summed E-state index contributed by atoms with van der Waals surface area (Å²) in [5, 5.41) is 0. The topological polar surface area (TPSA) is 59.1 Å². The van der Waals surface area contributed by atoms with E-state index in [1.54, 1.807) is 24.5 Å². The summed E-state index contributed by atoms with van der Waals surface area (Å²) >= 11 is 0. The van der Waals surface area contributed by atoms with Gasteiger partial charge in [0.05, 0.1) is 4.90 Å². The second-order valence-corrected chi connectivity index (χ2v) is 7.00. The first-order chi connectivity index (χ1) is 9.99. The van der Waals surface area contributed by atoms with Gasteiger partial charge in [0.25, 0.3) is 0 Å². The van der Waals surface area contributed by atoms with Gasteiger partial charge in [-0.25, -0.2) is 13.1 Å². The number of nitrogens with one attached hydrogen (secondary N) is 1. The Labute approximate surface area is 126 Å². The van der Waals surface area contributed by atoms with Crippen LogP contribution in [0, 0.1) is 0 Å². The number of benzene rings is 1. The molecule has 21 heavy (non-hydrogen) atoms. The lowest BCUT2D eigenvalue weighted by molar-refractivity contribution is 0.581. The van der Waals surface area contributed by atoms with Crippen LogP contribution in [0.1, 0.15) is 30.9 Å². The number of rotatable bonds is 6. The molecule has 1 heterocycles. The van der Waals surface area contributed by atoms with Gasteiger partial charge in [0.2, 0.25) is 10.0 Å². The van der Waals surface area contributed by atoms with Gasteiger partial charge in [-0.05, 0) is 41.7 Å². The van der Waals surface area contributed by atoms with E-state index >= 15 is 0 Å². The van der Waals surface area contributed by atoms with Crippen LogP contribution in [0.4, 0.5) is 0 Å². The minimum Gasteiger partial charge on any atom is -0.264 e. The van der Waals surface area contributed by atoms with Crippen LogP contribution in [0.3, 0.4) is 0 Å². The van der Waals surface area contributed by atoms with E-state index in [0.29, 0.717) is 23.8 Å². The minimum absolute atomic E-state index is 0.304. The zero-order valence-electron chi connectivity index (χ0n) is 12.3. The highest BCUT2D eigenvalue weighted by Crippen LogP contribution is 2.17. The molecule has 5 heteroatoms. The number of hydrogen-bond acceptors (Lipinski definition) is 3. The Bertz CT molecular complexity index is 665. The second kappa shape index (κ2) is 6.83. The molecule has 0 aliphatic rings. The van der Waals surface area contributed by atoms with Crippen LogP contribution in [0.15, 0.2) is 53.7 Å². The van der Waals surface area contributed by atoms with Gasteiger partial charge in [-0.2, -0.15) is 0 Å². The van der Waals surface area contributed by atoms with Gasteiger partial charge in [-0.3, -0.25) is 4.98 Å². The molecule has 2 aromatic rings. The molecule has 112 valence electrons. The number of nitrogens with zero attached hydrogens (tertiary/aromatic N) is 1. The highest BCUT2D eigenvalue weighted by Gasteiger charge is 2.13. The summed E-state index contributed by atoms with van der Waals surface area (Å²) in [6.07, 6.45) is 4.06. The van der Waals surface area contributed by atoms with Crippen molar-refractivity contribution in [1.82, 2.24) is 9.71 Å². The Morgan fingerprint density at radius 1 is 1.14 bits per heavy atom. The van der Waals surface area contributed by atoms with Crippen molar-refractivity contribution in [2.45, 2.75) is 31.1 Å². The molecule has 0 radical (unpaired) electrons. The Morgan fingerprint density at radius 2 is 1.86 bits per heavy atom. The summed E-state index contributed by atoms with van der Waals surface area (Å²) in [6, 6.07) is 10.8. The third-order valence-electron chi connectivity index (χ3n) is 3.29. The van der Waals surface area contributed by atoms with Crippen LogP contribution >= 0.6 is 0 Å². The zero-order chi connectivity index (χ0) is 15.3. The predicted molar refractivity (Wildman–Crippen MR) is 83.7 cm³/mol. The molecule has 0 amide bonds.